The zero-order valence-corrected chi connectivity index (χ0v) is 13.3. The first kappa shape index (κ1) is 15.6. The second kappa shape index (κ2) is 6.84. The predicted molar refractivity (Wildman–Crippen MR) is 90.5 cm³/mol. The van der Waals surface area contributed by atoms with Crippen LogP contribution in [0.3, 0.4) is 0 Å². The Morgan fingerprint density at radius 1 is 1.00 bits per heavy atom. The minimum Gasteiger partial charge on any atom is -0.465 e. The number of carboxylic acid groups (broad SMARTS) is 1. The quantitative estimate of drug-likeness (QED) is 0.944. The molecule has 0 radical (unpaired) electrons. The summed E-state index contributed by atoms with van der Waals surface area (Å²) in [5.74, 6) is 0. The molecule has 1 fully saturated rings. The molecule has 2 aromatic rings. The van der Waals surface area contributed by atoms with Gasteiger partial charge in [-0.3, -0.25) is 4.90 Å². The van der Waals surface area contributed by atoms with Gasteiger partial charge in [0.25, 0.3) is 0 Å². The highest BCUT2D eigenvalue weighted by Crippen LogP contribution is 2.30. The molecule has 1 atom stereocenters. The molecule has 1 unspecified atom stereocenters. The Balaban J connectivity index is 1.90. The second-order valence-corrected chi connectivity index (χ2v) is 6.04. The van der Waals surface area contributed by atoms with Gasteiger partial charge in [0.1, 0.15) is 0 Å². The van der Waals surface area contributed by atoms with E-state index in [1.807, 2.05) is 19.1 Å². The Kier molecular flexibility index (Phi) is 4.63. The van der Waals surface area contributed by atoms with Crippen LogP contribution >= 0.6 is 0 Å². The van der Waals surface area contributed by atoms with Gasteiger partial charge in [0, 0.05) is 25.7 Å². The van der Waals surface area contributed by atoms with Crippen LogP contribution in [0, 0.1) is 0 Å². The fraction of sp³-hybridized carbons (Fsp3) is 0.316. The van der Waals surface area contributed by atoms with Gasteiger partial charge < -0.3 is 10.0 Å². The largest absolute Gasteiger partial charge is 0.465 e. The summed E-state index contributed by atoms with van der Waals surface area (Å²) in [7, 11) is 0. The summed E-state index contributed by atoms with van der Waals surface area (Å²) in [5.41, 5.74) is 2.49. The maximum atomic E-state index is 11.3. The van der Waals surface area contributed by atoms with Crippen LogP contribution in [-0.4, -0.2) is 46.7 Å². The summed E-state index contributed by atoms with van der Waals surface area (Å²) >= 11 is 0. The molecule has 0 saturated carbocycles. The smallest absolute Gasteiger partial charge is 0.407 e. The van der Waals surface area contributed by atoms with Gasteiger partial charge in [-0.25, -0.2) is 4.79 Å². The molecule has 23 heavy (non-hydrogen) atoms. The van der Waals surface area contributed by atoms with Crippen LogP contribution in [-0.2, 0) is 0 Å². The zero-order chi connectivity index (χ0) is 16.2. The number of piperazine rings is 1. The Bertz CT molecular complexity index is 605. The third-order valence-corrected chi connectivity index (χ3v) is 4.50. The lowest BCUT2D eigenvalue weighted by Crippen LogP contribution is -2.54. The monoisotopic (exact) mass is 310 g/mol. The summed E-state index contributed by atoms with van der Waals surface area (Å²) in [6.07, 6.45) is -0.826. The molecule has 0 aliphatic carbocycles. The van der Waals surface area contributed by atoms with Crippen LogP contribution in [0.25, 0.3) is 0 Å². The molecule has 4 nitrogen and oxygen atoms in total. The van der Waals surface area contributed by atoms with Crippen LogP contribution in [0.5, 0.6) is 0 Å². The Morgan fingerprint density at radius 3 is 1.96 bits per heavy atom. The Morgan fingerprint density at radius 2 is 1.52 bits per heavy atom. The van der Waals surface area contributed by atoms with E-state index in [1.165, 1.54) is 16.0 Å². The number of rotatable bonds is 3. The summed E-state index contributed by atoms with van der Waals surface area (Å²) in [6, 6.07) is 21.0. The number of amides is 1. The van der Waals surface area contributed by atoms with E-state index >= 15 is 0 Å². The van der Waals surface area contributed by atoms with E-state index in [2.05, 4.69) is 53.4 Å². The number of hydrogen-bond donors (Lipinski definition) is 1. The molecule has 3 rings (SSSR count). The first-order valence-corrected chi connectivity index (χ1v) is 8.00. The molecule has 1 amide bonds. The van der Waals surface area contributed by atoms with Crippen molar-refractivity contribution < 1.29 is 9.90 Å². The van der Waals surface area contributed by atoms with Crippen molar-refractivity contribution in [3.8, 4) is 0 Å². The third-order valence-electron chi connectivity index (χ3n) is 4.50. The summed E-state index contributed by atoms with van der Waals surface area (Å²) < 4.78 is 0. The Hall–Kier alpha value is -2.33. The SMILES string of the molecule is CC1CN(C(c2ccccc2)c2ccccc2)CCN1C(=O)O. The number of carbonyl (C=O) groups is 1. The molecule has 4 heteroatoms. The highest BCUT2D eigenvalue weighted by molar-refractivity contribution is 5.65. The lowest BCUT2D eigenvalue weighted by molar-refractivity contribution is 0.0615. The van der Waals surface area contributed by atoms with Gasteiger partial charge in [-0.15, -0.1) is 0 Å². The third kappa shape index (κ3) is 3.37. The fourth-order valence-electron chi connectivity index (χ4n) is 3.39. The van der Waals surface area contributed by atoms with E-state index in [0.29, 0.717) is 6.54 Å². The highest BCUT2D eigenvalue weighted by atomic mass is 16.4. The van der Waals surface area contributed by atoms with Crippen LogP contribution in [0.4, 0.5) is 4.79 Å². The molecule has 2 aromatic carbocycles. The van der Waals surface area contributed by atoms with Crippen LogP contribution < -0.4 is 0 Å². The molecule has 1 aliphatic rings. The Labute approximate surface area is 137 Å². The molecule has 0 bridgehead atoms. The van der Waals surface area contributed by atoms with E-state index in [4.69, 9.17) is 0 Å². The normalized spacial score (nSPS) is 19.0. The van der Waals surface area contributed by atoms with Gasteiger partial charge in [-0.05, 0) is 18.1 Å². The van der Waals surface area contributed by atoms with E-state index in [1.54, 1.807) is 0 Å². The molecule has 1 heterocycles. The predicted octanol–water partition coefficient (Wildman–Crippen LogP) is 3.46. The van der Waals surface area contributed by atoms with Gasteiger partial charge in [0.05, 0.1) is 6.04 Å². The van der Waals surface area contributed by atoms with Gasteiger partial charge in [-0.1, -0.05) is 60.7 Å². The molecular formula is C19H22N2O2. The van der Waals surface area contributed by atoms with E-state index in [-0.39, 0.29) is 12.1 Å². The van der Waals surface area contributed by atoms with Crippen molar-refractivity contribution in [2.24, 2.45) is 0 Å². The van der Waals surface area contributed by atoms with Gasteiger partial charge in [0.15, 0.2) is 0 Å². The summed E-state index contributed by atoms with van der Waals surface area (Å²) in [5, 5.41) is 9.27. The zero-order valence-electron chi connectivity index (χ0n) is 13.3. The minimum atomic E-state index is -0.826. The highest BCUT2D eigenvalue weighted by Gasteiger charge is 2.32. The van der Waals surface area contributed by atoms with Crippen molar-refractivity contribution in [3.63, 3.8) is 0 Å². The first-order chi connectivity index (χ1) is 11.2. The van der Waals surface area contributed by atoms with Crippen molar-refractivity contribution >= 4 is 6.09 Å². The molecular weight excluding hydrogens is 288 g/mol. The topological polar surface area (TPSA) is 43.8 Å². The van der Waals surface area contributed by atoms with E-state index < -0.39 is 6.09 Å². The van der Waals surface area contributed by atoms with Crippen LogP contribution in [0.2, 0.25) is 0 Å². The van der Waals surface area contributed by atoms with Crippen LogP contribution in [0.1, 0.15) is 24.1 Å². The summed E-state index contributed by atoms with van der Waals surface area (Å²) in [6.45, 7) is 4.01. The standard InChI is InChI=1S/C19H22N2O2/c1-15-14-20(12-13-21(15)19(22)23)18(16-8-4-2-5-9-16)17-10-6-3-7-11-17/h2-11,15,18H,12-14H2,1H3,(H,22,23). The molecule has 1 saturated heterocycles. The molecule has 0 aromatic heterocycles. The second-order valence-electron chi connectivity index (χ2n) is 6.04. The lowest BCUT2D eigenvalue weighted by atomic mass is 9.95. The van der Waals surface area contributed by atoms with Crippen molar-refractivity contribution in [2.75, 3.05) is 19.6 Å². The maximum Gasteiger partial charge on any atom is 0.407 e. The molecule has 120 valence electrons. The first-order valence-electron chi connectivity index (χ1n) is 8.00. The fourth-order valence-corrected chi connectivity index (χ4v) is 3.39. The van der Waals surface area contributed by atoms with Gasteiger partial charge in [0.2, 0.25) is 0 Å². The van der Waals surface area contributed by atoms with Crippen LogP contribution in [0.15, 0.2) is 60.7 Å². The molecule has 1 aliphatic heterocycles. The van der Waals surface area contributed by atoms with Gasteiger partial charge in [-0.2, -0.15) is 0 Å². The number of nitrogens with zero attached hydrogens (tertiary/aromatic N) is 2. The minimum absolute atomic E-state index is 0.00354. The van der Waals surface area contributed by atoms with E-state index in [9.17, 15) is 9.90 Å². The molecule has 1 N–H and O–H groups in total. The van der Waals surface area contributed by atoms with Crippen molar-refractivity contribution in [2.45, 2.75) is 19.0 Å². The average molecular weight is 310 g/mol. The number of benzene rings is 2. The molecule has 0 spiro atoms. The maximum absolute atomic E-state index is 11.3. The van der Waals surface area contributed by atoms with Crippen molar-refractivity contribution in [1.29, 1.82) is 0 Å². The van der Waals surface area contributed by atoms with Crippen molar-refractivity contribution in [3.05, 3.63) is 71.8 Å². The van der Waals surface area contributed by atoms with E-state index in [0.717, 1.165) is 13.1 Å². The summed E-state index contributed by atoms with van der Waals surface area (Å²) in [4.78, 5) is 15.2. The van der Waals surface area contributed by atoms with Crippen molar-refractivity contribution in [1.82, 2.24) is 9.80 Å². The lowest BCUT2D eigenvalue weighted by Gasteiger charge is -2.42. The number of hydrogen-bond acceptors (Lipinski definition) is 2. The van der Waals surface area contributed by atoms with Gasteiger partial charge >= 0.3 is 6.09 Å². The average Bonchev–Trinajstić information content (AvgIpc) is 2.57.